The van der Waals surface area contributed by atoms with Crippen LogP contribution in [0, 0.1) is 0 Å². The molecule has 1 fully saturated rings. The third kappa shape index (κ3) is 2.01. The van der Waals surface area contributed by atoms with Crippen molar-refractivity contribution >= 4 is 17.3 Å². The van der Waals surface area contributed by atoms with Gasteiger partial charge in [-0.1, -0.05) is 0 Å². The van der Waals surface area contributed by atoms with E-state index in [1.54, 1.807) is 0 Å². The molecule has 2 N–H and O–H groups in total. The number of ether oxygens (including phenoxy) is 1. The highest BCUT2D eigenvalue weighted by atomic mass is 16.5. The number of rotatable bonds is 2. The van der Waals surface area contributed by atoms with E-state index in [0.717, 1.165) is 36.6 Å². The minimum absolute atomic E-state index is 0.0927. The van der Waals surface area contributed by atoms with E-state index in [1.165, 1.54) is 0 Å². The van der Waals surface area contributed by atoms with Crippen molar-refractivity contribution in [2.24, 2.45) is 0 Å². The summed E-state index contributed by atoms with van der Waals surface area (Å²) in [5.74, 6) is 0.654. The van der Waals surface area contributed by atoms with E-state index >= 15 is 0 Å². The van der Waals surface area contributed by atoms with Crippen LogP contribution < -0.4 is 20.3 Å². The Morgan fingerprint density at radius 2 is 2.33 bits per heavy atom. The highest BCUT2D eigenvalue weighted by Crippen LogP contribution is 2.32. The summed E-state index contributed by atoms with van der Waals surface area (Å²) in [4.78, 5) is 13.6. The van der Waals surface area contributed by atoms with Crippen LogP contribution >= 0.6 is 0 Å². The van der Waals surface area contributed by atoms with Crippen LogP contribution in [0.5, 0.6) is 5.75 Å². The second-order valence-electron chi connectivity index (χ2n) is 4.77. The highest BCUT2D eigenvalue weighted by molar-refractivity contribution is 5.96. The quantitative estimate of drug-likeness (QED) is 0.812. The van der Waals surface area contributed by atoms with Crippen molar-refractivity contribution in [3.8, 4) is 5.75 Å². The Morgan fingerprint density at radius 3 is 3.11 bits per heavy atom. The summed E-state index contributed by atoms with van der Waals surface area (Å²) in [5.41, 5.74) is 1.87. The molecule has 0 aromatic heterocycles. The minimum atomic E-state index is -0.0927. The van der Waals surface area contributed by atoms with E-state index in [1.807, 2.05) is 18.2 Å². The zero-order valence-electron chi connectivity index (χ0n) is 10.4. The lowest BCUT2D eigenvalue weighted by Gasteiger charge is -2.27. The number of carbonyl (C=O) groups is 1. The maximum atomic E-state index is 11.3. The molecule has 1 unspecified atom stereocenters. The topological polar surface area (TPSA) is 53.6 Å². The Balaban J connectivity index is 1.84. The first kappa shape index (κ1) is 11.3. The lowest BCUT2D eigenvalue weighted by molar-refractivity contribution is -0.118. The summed E-state index contributed by atoms with van der Waals surface area (Å²) in [6, 6.07) is 6.45. The molecule has 1 aromatic rings. The van der Waals surface area contributed by atoms with Crippen molar-refractivity contribution in [3.63, 3.8) is 0 Å². The average Bonchev–Trinajstić information content (AvgIpc) is 2.90. The number of hydrogen-bond acceptors (Lipinski definition) is 4. The monoisotopic (exact) mass is 247 g/mol. The van der Waals surface area contributed by atoms with E-state index in [2.05, 4.69) is 22.6 Å². The largest absolute Gasteiger partial charge is 0.482 e. The molecule has 2 heterocycles. The van der Waals surface area contributed by atoms with Crippen LogP contribution in [0.25, 0.3) is 0 Å². The summed E-state index contributed by atoms with van der Waals surface area (Å²) in [7, 11) is 2.09. The lowest BCUT2D eigenvalue weighted by atomic mass is 10.1. The van der Waals surface area contributed by atoms with Gasteiger partial charge in [-0.05, 0) is 31.2 Å². The molecule has 18 heavy (non-hydrogen) atoms. The Morgan fingerprint density at radius 1 is 1.44 bits per heavy atom. The molecule has 0 saturated carbocycles. The number of anilines is 2. The van der Waals surface area contributed by atoms with E-state index in [-0.39, 0.29) is 12.5 Å². The van der Waals surface area contributed by atoms with E-state index < -0.39 is 0 Å². The molecule has 0 radical (unpaired) electrons. The van der Waals surface area contributed by atoms with Gasteiger partial charge in [-0.2, -0.15) is 0 Å². The third-order valence-corrected chi connectivity index (χ3v) is 3.59. The standard InChI is InChI=1S/C13H17N3O2/c1-16(10-4-5-14-7-10)9-2-3-12-11(6-9)15-13(17)8-18-12/h2-3,6,10,14H,4-5,7-8H2,1H3,(H,15,17). The number of nitrogens with zero attached hydrogens (tertiary/aromatic N) is 1. The number of likely N-dealkylation sites (N-methyl/N-ethyl adjacent to an activating group) is 1. The van der Waals surface area contributed by atoms with Crippen molar-refractivity contribution < 1.29 is 9.53 Å². The fourth-order valence-electron chi connectivity index (χ4n) is 2.47. The van der Waals surface area contributed by atoms with Crippen molar-refractivity contribution in [2.75, 3.05) is 37.0 Å². The van der Waals surface area contributed by atoms with Crippen LogP contribution in [0.2, 0.25) is 0 Å². The first-order valence-corrected chi connectivity index (χ1v) is 6.24. The maximum absolute atomic E-state index is 11.3. The third-order valence-electron chi connectivity index (χ3n) is 3.59. The van der Waals surface area contributed by atoms with Gasteiger partial charge in [-0.3, -0.25) is 4.79 Å². The van der Waals surface area contributed by atoms with Crippen molar-refractivity contribution in [1.82, 2.24) is 5.32 Å². The van der Waals surface area contributed by atoms with Crippen LogP contribution in [0.1, 0.15) is 6.42 Å². The van der Waals surface area contributed by atoms with Gasteiger partial charge in [0, 0.05) is 25.3 Å². The fraction of sp³-hybridized carbons (Fsp3) is 0.462. The molecule has 0 spiro atoms. The molecule has 5 heteroatoms. The summed E-state index contributed by atoms with van der Waals surface area (Å²) in [6.07, 6.45) is 1.15. The maximum Gasteiger partial charge on any atom is 0.262 e. The van der Waals surface area contributed by atoms with Gasteiger partial charge in [0.05, 0.1) is 5.69 Å². The molecule has 3 rings (SSSR count). The molecule has 1 amide bonds. The van der Waals surface area contributed by atoms with E-state index in [9.17, 15) is 4.79 Å². The predicted octanol–water partition coefficient (Wildman–Crippen LogP) is 0.816. The molecule has 1 atom stereocenters. The highest BCUT2D eigenvalue weighted by Gasteiger charge is 2.22. The van der Waals surface area contributed by atoms with Gasteiger partial charge in [0.1, 0.15) is 5.75 Å². The summed E-state index contributed by atoms with van der Waals surface area (Å²) >= 11 is 0. The molecule has 1 saturated heterocycles. The first-order valence-electron chi connectivity index (χ1n) is 6.24. The number of carbonyl (C=O) groups excluding carboxylic acids is 1. The van der Waals surface area contributed by atoms with Gasteiger partial charge in [-0.15, -0.1) is 0 Å². The van der Waals surface area contributed by atoms with Gasteiger partial charge < -0.3 is 20.3 Å². The van der Waals surface area contributed by atoms with Gasteiger partial charge in [0.2, 0.25) is 0 Å². The van der Waals surface area contributed by atoms with E-state index in [0.29, 0.717) is 6.04 Å². The average molecular weight is 247 g/mol. The molecule has 2 aliphatic rings. The van der Waals surface area contributed by atoms with E-state index in [4.69, 9.17) is 4.74 Å². The minimum Gasteiger partial charge on any atom is -0.482 e. The molecular formula is C13H17N3O2. The van der Waals surface area contributed by atoms with Crippen molar-refractivity contribution in [3.05, 3.63) is 18.2 Å². The number of nitrogens with one attached hydrogen (secondary N) is 2. The van der Waals surface area contributed by atoms with Crippen LogP contribution in [0.3, 0.4) is 0 Å². The number of benzene rings is 1. The zero-order valence-corrected chi connectivity index (χ0v) is 10.4. The van der Waals surface area contributed by atoms with Crippen LogP contribution in [0.15, 0.2) is 18.2 Å². The first-order chi connectivity index (χ1) is 8.74. The van der Waals surface area contributed by atoms with Crippen LogP contribution in [-0.4, -0.2) is 38.7 Å². The van der Waals surface area contributed by atoms with Crippen molar-refractivity contribution in [1.29, 1.82) is 0 Å². The number of hydrogen-bond donors (Lipinski definition) is 2. The van der Waals surface area contributed by atoms with Crippen LogP contribution in [-0.2, 0) is 4.79 Å². The molecule has 0 bridgehead atoms. The molecular weight excluding hydrogens is 230 g/mol. The fourth-order valence-corrected chi connectivity index (χ4v) is 2.47. The smallest absolute Gasteiger partial charge is 0.262 e. The van der Waals surface area contributed by atoms with Crippen LogP contribution in [0.4, 0.5) is 11.4 Å². The predicted molar refractivity (Wildman–Crippen MR) is 70.2 cm³/mol. The zero-order chi connectivity index (χ0) is 12.5. The Kier molecular flexibility index (Phi) is 2.83. The molecule has 2 aliphatic heterocycles. The number of fused-ring (bicyclic) bond motifs is 1. The normalized spacial score (nSPS) is 22.1. The summed E-state index contributed by atoms with van der Waals surface area (Å²) in [5, 5.41) is 6.20. The lowest BCUT2D eigenvalue weighted by Crippen LogP contribution is -2.33. The Bertz CT molecular complexity index is 469. The second kappa shape index (κ2) is 4.49. The van der Waals surface area contributed by atoms with Gasteiger partial charge >= 0.3 is 0 Å². The molecule has 0 aliphatic carbocycles. The molecule has 1 aromatic carbocycles. The second-order valence-corrected chi connectivity index (χ2v) is 4.77. The van der Waals surface area contributed by atoms with Crippen molar-refractivity contribution in [2.45, 2.75) is 12.5 Å². The SMILES string of the molecule is CN(c1ccc2c(c1)NC(=O)CO2)C1CCNC1. The van der Waals surface area contributed by atoms with Gasteiger partial charge in [-0.25, -0.2) is 0 Å². The van der Waals surface area contributed by atoms with Gasteiger partial charge in [0.15, 0.2) is 6.61 Å². The Labute approximate surface area is 106 Å². The number of amides is 1. The van der Waals surface area contributed by atoms with Gasteiger partial charge in [0.25, 0.3) is 5.91 Å². The Hall–Kier alpha value is -1.75. The summed E-state index contributed by atoms with van der Waals surface area (Å²) in [6.45, 7) is 2.19. The molecule has 96 valence electrons. The molecule has 5 nitrogen and oxygen atoms in total. The summed E-state index contributed by atoms with van der Waals surface area (Å²) < 4.78 is 5.35.